The maximum atomic E-state index is 8.88. The molecule has 0 spiro atoms. The van der Waals surface area contributed by atoms with E-state index >= 15 is 0 Å². The van der Waals surface area contributed by atoms with Crippen LogP contribution in [0.25, 0.3) is 0 Å². The van der Waals surface area contributed by atoms with Crippen LogP contribution in [0.15, 0.2) is 0 Å². The van der Waals surface area contributed by atoms with E-state index in [-0.39, 0.29) is 112 Å². The first-order chi connectivity index (χ1) is 2.00. The van der Waals surface area contributed by atoms with Crippen LogP contribution >= 0.6 is 7.82 Å². The third kappa shape index (κ3) is 52.8. The van der Waals surface area contributed by atoms with Gasteiger partial charge >= 0.3 is 120 Å². The van der Waals surface area contributed by atoms with Gasteiger partial charge in [-0.3, -0.25) is 0 Å². The monoisotopic (exact) mass is 206 g/mol. The molecule has 3 N–H and O–H groups in total. The van der Waals surface area contributed by atoms with Gasteiger partial charge in [-0.25, -0.2) is 4.57 Å². The normalized spacial score (nSPS) is 7.38. The van der Waals surface area contributed by atoms with Gasteiger partial charge in [-0.2, -0.15) is 0 Å². The molecule has 0 aromatic heterocycles. The number of hydrogen-bond donors (Lipinski definition) is 3. The van der Waals surface area contributed by atoms with E-state index in [4.69, 9.17) is 19.2 Å². The van der Waals surface area contributed by atoms with Crippen molar-refractivity contribution in [1.29, 1.82) is 0 Å². The summed E-state index contributed by atoms with van der Waals surface area (Å²) in [4.78, 5) is 21.6. The number of hydrogen-bond acceptors (Lipinski definition) is 1. The van der Waals surface area contributed by atoms with Crippen LogP contribution < -0.4 is 0 Å². The van der Waals surface area contributed by atoms with Crippen LogP contribution in [-0.4, -0.2) is 127 Å². The zero-order valence-electron chi connectivity index (χ0n) is 2.20. The fourth-order valence-corrected chi connectivity index (χ4v) is 0. The summed E-state index contributed by atoms with van der Waals surface area (Å²) in [6.45, 7) is 0. The molecule has 0 aromatic carbocycles. The molecule has 0 bridgehead atoms. The summed E-state index contributed by atoms with van der Waals surface area (Å²) in [5.74, 6) is 0. The summed E-state index contributed by atoms with van der Waals surface area (Å²) in [6, 6.07) is 0. The van der Waals surface area contributed by atoms with E-state index in [1.54, 1.807) is 0 Å². The van der Waals surface area contributed by atoms with Crippen LogP contribution in [0.3, 0.4) is 0 Å². The summed E-state index contributed by atoms with van der Waals surface area (Å²) < 4.78 is 8.88. The van der Waals surface area contributed by atoms with Gasteiger partial charge in [-0.1, -0.05) is 0 Å². The Hall–Kier alpha value is 3.77. The fraction of sp³-hybridized carbons (Fsp3) is 0. The Bertz CT molecular complexity index is 62.2. The van der Waals surface area contributed by atoms with Crippen LogP contribution in [-0.2, 0) is 4.57 Å². The second-order valence-electron chi connectivity index (χ2n) is 0.513. The largest absolute Gasteiger partial charge is 0.316 e. The predicted octanol–water partition coefficient (Wildman–Crippen LogP) is -3.41. The summed E-state index contributed by atoms with van der Waals surface area (Å²) >= 11 is 0. The quantitative estimate of drug-likeness (QED) is 0.285. The average Bonchev–Trinajstić information content (AvgIpc) is 0.722. The van der Waals surface area contributed by atoms with Crippen LogP contribution in [0.2, 0.25) is 0 Å². The molecule has 0 aliphatic rings. The van der Waals surface area contributed by atoms with Crippen molar-refractivity contribution in [3.63, 3.8) is 0 Å². The third-order valence-electron chi connectivity index (χ3n) is 0. The maximum absolute atomic E-state index is 8.88. The molecule has 0 unspecified atom stereocenters. The van der Waals surface area contributed by atoms with Gasteiger partial charge < -0.3 is 14.7 Å². The number of phosphoric acid groups is 1. The minimum atomic E-state index is -4.64. The molecule has 8 heteroatoms. The van der Waals surface area contributed by atoms with Crippen LogP contribution in [0.1, 0.15) is 0 Å². The summed E-state index contributed by atoms with van der Waals surface area (Å²) in [7, 11) is -4.64. The Morgan fingerprint density at radius 3 is 1.12 bits per heavy atom. The first kappa shape index (κ1) is 22.6. The Labute approximate surface area is 136 Å². The van der Waals surface area contributed by atoms with Crippen molar-refractivity contribution in [3.05, 3.63) is 0 Å². The van der Waals surface area contributed by atoms with Crippen LogP contribution in [0.4, 0.5) is 0 Å². The molecule has 0 saturated carbocycles. The Balaban J connectivity index is -0.0000000267. The smallest absolute Gasteiger partial charge is 0.316 e. The van der Waals surface area contributed by atoms with Crippen molar-refractivity contribution in [2.75, 3.05) is 0 Å². The molecule has 0 atom stereocenters. The minimum absolute atomic E-state index is 0. The molecule has 0 aliphatic heterocycles. The van der Waals surface area contributed by atoms with Crippen molar-refractivity contribution in [3.8, 4) is 0 Å². The fourth-order valence-electron chi connectivity index (χ4n) is 0. The molecule has 42 valence electrons. The van der Waals surface area contributed by atoms with Crippen LogP contribution in [0.5, 0.6) is 0 Å². The molecule has 0 saturated heterocycles. The van der Waals surface area contributed by atoms with E-state index in [9.17, 15) is 0 Å². The zero-order chi connectivity index (χ0) is 4.50. The zero-order valence-corrected chi connectivity index (χ0v) is 3.09. The van der Waals surface area contributed by atoms with Gasteiger partial charge in [0.25, 0.3) is 0 Å². The molecule has 8 heavy (non-hydrogen) atoms. The second-order valence-corrected chi connectivity index (χ2v) is 1.54. The first-order valence-corrected chi connectivity index (χ1v) is 2.35. The standard InChI is InChI=1S/Ca.K.Mg.H3O4P.5H/c;;;1-5(2,3)4;;;;;/h;;;(H3,1,2,3,4);;;;;. The van der Waals surface area contributed by atoms with Gasteiger partial charge in [0.05, 0.1) is 0 Å². The van der Waals surface area contributed by atoms with E-state index < -0.39 is 7.82 Å². The van der Waals surface area contributed by atoms with Crippen molar-refractivity contribution in [2.45, 2.75) is 0 Å². The van der Waals surface area contributed by atoms with Crippen molar-refractivity contribution < 1.29 is 19.2 Å². The molecule has 0 amide bonds. The van der Waals surface area contributed by atoms with Gasteiger partial charge in [0, 0.05) is 0 Å². The Morgan fingerprint density at radius 2 is 1.12 bits per heavy atom. The van der Waals surface area contributed by atoms with Gasteiger partial charge in [0.15, 0.2) is 0 Å². The Morgan fingerprint density at radius 1 is 1.12 bits per heavy atom. The van der Waals surface area contributed by atoms with Gasteiger partial charge in [-0.05, 0) is 0 Å². The van der Waals surface area contributed by atoms with E-state index in [2.05, 4.69) is 0 Å². The van der Waals surface area contributed by atoms with Gasteiger partial charge in [-0.15, -0.1) is 0 Å². The molecular formula is H8CaKMgO4P. The van der Waals surface area contributed by atoms with Crippen molar-refractivity contribution in [2.24, 2.45) is 0 Å². The molecule has 0 radical (unpaired) electrons. The molecule has 0 aliphatic carbocycles. The molecule has 0 fully saturated rings. The summed E-state index contributed by atoms with van der Waals surface area (Å²) in [5, 5.41) is 0. The first-order valence-electron chi connectivity index (χ1n) is 0.783. The third-order valence-corrected chi connectivity index (χ3v) is 0. The molecule has 4 nitrogen and oxygen atoms in total. The van der Waals surface area contributed by atoms with Gasteiger partial charge in [0.2, 0.25) is 0 Å². The number of rotatable bonds is 0. The second kappa shape index (κ2) is 10.8. The van der Waals surface area contributed by atoms with E-state index in [1.165, 1.54) is 0 Å². The molecule has 0 rings (SSSR count). The Kier molecular flexibility index (Phi) is 30.5. The maximum Gasteiger partial charge on any atom is 0.316 e. The minimum Gasteiger partial charge on any atom is 0.316 e. The topological polar surface area (TPSA) is 77.8 Å². The van der Waals surface area contributed by atoms with E-state index in [1.807, 2.05) is 0 Å². The average molecular weight is 207 g/mol. The summed E-state index contributed by atoms with van der Waals surface area (Å²) in [5.41, 5.74) is 0. The van der Waals surface area contributed by atoms with Crippen molar-refractivity contribution >= 4 is 120 Å². The van der Waals surface area contributed by atoms with E-state index in [0.29, 0.717) is 0 Å². The molecule has 0 aromatic rings. The van der Waals surface area contributed by atoms with Crippen molar-refractivity contribution in [1.82, 2.24) is 0 Å². The predicted molar refractivity (Wildman–Crippen MR) is 38.5 cm³/mol. The van der Waals surface area contributed by atoms with E-state index in [0.717, 1.165) is 0 Å². The molecular weight excluding hydrogens is 198 g/mol. The summed E-state index contributed by atoms with van der Waals surface area (Å²) in [6.07, 6.45) is 0. The van der Waals surface area contributed by atoms with Crippen LogP contribution in [0, 0.1) is 0 Å². The SMILES string of the molecule is O=P(O)(O)O.[CaH2].[KH].[MgH2]. The van der Waals surface area contributed by atoms with Gasteiger partial charge in [0.1, 0.15) is 0 Å². The molecule has 0 heterocycles.